The molecule has 0 aromatic carbocycles. The van der Waals surface area contributed by atoms with Gasteiger partial charge in [-0.1, -0.05) is 11.6 Å². The molecule has 3 heterocycles. The number of aliphatic hydroxyl groups is 1. The minimum atomic E-state index is -0.401. The zero-order valence-electron chi connectivity index (χ0n) is 13.9. The van der Waals surface area contributed by atoms with Crippen molar-refractivity contribution in [3.63, 3.8) is 0 Å². The number of aliphatic hydroxyl groups excluding tert-OH is 1. The SMILES string of the molecule is O=C(CCn1cc(Cl)cn1)N1C[C@H]2C[C@@H](n3cccn3)[C@H](O)C[C@H]2C1. The first kappa shape index (κ1) is 16.6. The first-order valence-electron chi connectivity index (χ1n) is 8.73. The lowest BCUT2D eigenvalue weighted by molar-refractivity contribution is -0.130. The van der Waals surface area contributed by atoms with E-state index in [0.717, 1.165) is 25.9 Å². The Morgan fingerprint density at radius 3 is 2.76 bits per heavy atom. The minimum Gasteiger partial charge on any atom is -0.391 e. The average molecular weight is 364 g/mol. The van der Waals surface area contributed by atoms with Crippen molar-refractivity contribution in [1.82, 2.24) is 24.5 Å². The standard InChI is InChI=1S/C17H22ClN5O2/c18-14-8-20-22(11-14)5-2-17(25)21-9-12-6-15(23-4-1-3-19-23)16(24)7-13(12)10-21/h1,3-4,8,11-13,15-16,24H,2,5-7,9-10H2/t12-,13+,15-,16-/m1/s1. The number of amides is 1. The number of hydrogen-bond acceptors (Lipinski definition) is 4. The number of carbonyl (C=O) groups is 1. The van der Waals surface area contributed by atoms with Crippen molar-refractivity contribution in [1.29, 1.82) is 0 Å². The Hall–Kier alpha value is -1.86. The number of nitrogens with zero attached hydrogens (tertiary/aromatic N) is 5. The summed E-state index contributed by atoms with van der Waals surface area (Å²) in [6.45, 7) is 2.05. The Kier molecular flexibility index (Phi) is 4.52. The Bertz CT molecular complexity index is 731. The van der Waals surface area contributed by atoms with Gasteiger partial charge in [-0.3, -0.25) is 14.2 Å². The highest BCUT2D eigenvalue weighted by molar-refractivity contribution is 6.30. The largest absolute Gasteiger partial charge is 0.391 e. The van der Waals surface area contributed by atoms with Gasteiger partial charge in [-0.25, -0.2) is 0 Å². The normalized spacial score (nSPS) is 29.0. The smallest absolute Gasteiger partial charge is 0.224 e. The van der Waals surface area contributed by atoms with Gasteiger partial charge < -0.3 is 10.0 Å². The molecule has 2 fully saturated rings. The number of halogens is 1. The first-order valence-corrected chi connectivity index (χ1v) is 9.11. The molecule has 1 N–H and O–H groups in total. The molecular formula is C17H22ClN5O2. The fourth-order valence-electron chi connectivity index (χ4n) is 4.20. The van der Waals surface area contributed by atoms with E-state index in [-0.39, 0.29) is 11.9 Å². The van der Waals surface area contributed by atoms with E-state index in [1.807, 2.05) is 21.8 Å². The predicted molar refractivity (Wildman–Crippen MR) is 91.9 cm³/mol. The fourth-order valence-corrected chi connectivity index (χ4v) is 4.36. The van der Waals surface area contributed by atoms with Crippen molar-refractivity contribution in [3.05, 3.63) is 35.9 Å². The third-order valence-electron chi connectivity index (χ3n) is 5.48. The van der Waals surface area contributed by atoms with E-state index in [2.05, 4.69) is 10.2 Å². The maximum Gasteiger partial charge on any atom is 0.224 e. The molecule has 4 rings (SSSR count). The molecule has 1 amide bonds. The summed E-state index contributed by atoms with van der Waals surface area (Å²) >= 11 is 5.85. The molecule has 8 heteroatoms. The van der Waals surface area contributed by atoms with Crippen LogP contribution in [0.5, 0.6) is 0 Å². The molecule has 2 aromatic rings. The summed E-state index contributed by atoms with van der Waals surface area (Å²) in [5.41, 5.74) is 0. The number of likely N-dealkylation sites (tertiary alicyclic amines) is 1. The Labute approximate surface area is 151 Å². The molecule has 1 aliphatic carbocycles. The van der Waals surface area contributed by atoms with E-state index in [4.69, 9.17) is 11.6 Å². The van der Waals surface area contributed by atoms with E-state index in [1.165, 1.54) is 0 Å². The number of fused-ring (bicyclic) bond motifs is 1. The summed E-state index contributed by atoms with van der Waals surface area (Å²) < 4.78 is 3.55. The molecule has 7 nitrogen and oxygen atoms in total. The van der Waals surface area contributed by atoms with E-state index in [0.29, 0.717) is 29.8 Å². The molecule has 0 unspecified atom stereocenters. The molecule has 1 saturated heterocycles. The Morgan fingerprint density at radius 2 is 2.08 bits per heavy atom. The topological polar surface area (TPSA) is 76.2 Å². The van der Waals surface area contributed by atoms with E-state index in [9.17, 15) is 9.90 Å². The van der Waals surface area contributed by atoms with E-state index in [1.54, 1.807) is 23.3 Å². The van der Waals surface area contributed by atoms with E-state index < -0.39 is 6.10 Å². The second-order valence-electron chi connectivity index (χ2n) is 7.08. The summed E-state index contributed by atoms with van der Waals surface area (Å²) in [6, 6.07) is 1.89. The van der Waals surface area contributed by atoms with Crippen LogP contribution in [0, 0.1) is 11.8 Å². The second kappa shape index (κ2) is 6.80. The van der Waals surface area contributed by atoms with Crippen molar-refractivity contribution in [2.75, 3.05) is 13.1 Å². The Balaban J connectivity index is 1.35. The van der Waals surface area contributed by atoms with Gasteiger partial charge in [-0.15, -0.1) is 0 Å². The van der Waals surface area contributed by atoms with Crippen molar-refractivity contribution in [2.45, 2.75) is 38.0 Å². The van der Waals surface area contributed by atoms with Crippen LogP contribution in [-0.2, 0) is 11.3 Å². The number of hydrogen-bond donors (Lipinski definition) is 1. The van der Waals surface area contributed by atoms with Gasteiger partial charge in [-0.2, -0.15) is 10.2 Å². The highest BCUT2D eigenvalue weighted by Crippen LogP contribution is 2.41. The molecule has 134 valence electrons. The number of aromatic nitrogens is 4. The fraction of sp³-hybridized carbons (Fsp3) is 0.588. The molecule has 1 saturated carbocycles. The molecule has 0 radical (unpaired) electrons. The third kappa shape index (κ3) is 3.43. The molecule has 2 aromatic heterocycles. The molecular weight excluding hydrogens is 342 g/mol. The summed E-state index contributed by atoms with van der Waals surface area (Å²) in [7, 11) is 0. The lowest BCUT2D eigenvalue weighted by Crippen LogP contribution is -2.36. The van der Waals surface area contributed by atoms with Crippen LogP contribution in [-0.4, -0.2) is 54.7 Å². The molecule has 0 spiro atoms. The van der Waals surface area contributed by atoms with Gasteiger partial charge in [0, 0.05) is 44.6 Å². The third-order valence-corrected chi connectivity index (χ3v) is 5.68. The van der Waals surface area contributed by atoms with Gasteiger partial charge in [0.2, 0.25) is 5.91 Å². The van der Waals surface area contributed by atoms with Crippen LogP contribution in [0.4, 0.5) is 0 Å². The highest BCUT2D eigenvalue weighted by Gasteiger charge is 2.43. The monoisotopic (exact) mass is 363 g/mol. The van der Waals surface area contributed by atoms with Crippen LogP contribution in [0.15, 0.2) is 30.9 Å². The zero-order valence-corrected chi connectivity index (χ0v) is 14.7. The number of rotatable bonds is 4. The van der Waals surface area contributed by atoms with Crippen LogP contribution in [0.2, 0.25) is 5.02 Å². The quantitative estimate of drug-likeness (QED) is 0.895. The van der Waals surface area contributed by atoms with Gasteiger partial charge in [-0.05, 0) is 30.7 Å². The predicted octanol–water partition coefficient (Wildman–Crippen LogP) is 1.59. The molecule has 4 atom stereocenters. The minimum absolute atomic E-state index is 0.0116. The Morgan fingerprint density at radius 1 is 1.28 bits per heavy atom. The van der Waals surface area contributed by atoms with Crippen molar-refractivity contribution >= 4 is 17.5 Å². The maximum absolute atomic E-state index is 12.5. The lowest BCUT2D eigenvalue weighted by atomic mass is 9.77. The molecule has 2 aliphatic rings. The summed E-state index contributed by atoms with van der Waals surface area (Å²) in [5, 5.41) is 19.4. The van der Waals surface area contributed by atoms with Crippen LogP contribution in [0.1, 0.15) is 25.3 Å². The second-order valence-corrected chi connectivity index (χ2v) is 7.52. The van der Waals surface area contributed by atoms with Crippen LogP contribution >= 0.6 is 11.6 Å². The first-order chi connectivity index (χ1) is 12.1. The van der Waals surface area contributed by atoms with Crippen LogP contribution < -0.4 is 0 Å². The van der Waals surface area contributed by atoms with Gasteiger partial charge in [0.05, 0.1) is 23.4 Å². The number of aryl methyl sites for hydroxylation is 1. The van der Waals surface area contributed by atoms with Gasteiger partial charge in [0.15, 0.2) is 0 Å². The van der Waals surface area contributed by atoms with Gasteiger partial charge in [0.25, 0.3) is 0 Å². The van der Waals surface area contributed by atoms with Crippen LogP contribution in [0.25, 0.3) is 0 Å². The van der Waals surface area contributed by atoms with Crippen molar-refractivity contribution in [2.24, 2.45) is 11.8 Å². The van der Waals surface area contributed by atoms with Gasteiger partial charge in [0.1, 0.15) is 0 Å². The molecule has 0 bridgehead atoms. The van der Waals surface area contributed by atoms with Crippen molar-refractivity contribution < 1.29 is 9.90 Å². The van der Waals surface area contributed by atoms with Crippen molar-refractivity contribution in [3.8, 4) is 0 Å². The lowest BCUT2D eigenvalue weighted by Gasteiger charge is -2.35. The summed E-state index contributed by atoms with van der Waals surface area (Å²) in [4.78, 5) is 14.5. The average Bonchev–Trinajstić information content (AvgIpc) is 3.32. The highest BCUT2D eigenvalue weighted by atomic mass is 35.5. The molecule has 25 heavy (non-hydrogen) atoms. The summed E-state index contributed by atoms with van der Waals surface area (Å²) in [6.07, 6.45) is 8.56. The van der Waals surface area contributed by atoms with E-state index >= 15 is 0 Å². The van der Waals surface area contributed by atoms with Crippen LogP contribution in [0.3, 0.4) is 0 Å². The van der Waals surface area contributed by atoms with Gasteiger partial charge >= 0.3 is 0 Å². The number of carbonyl (C=O) groups excluding carboxylic acids is 1. The summed E-state index contributed by atoms with van der Waals surface area (Å²) in [5.74, 6) is 0.955. The zero-order chi connectivity index (χ0) is 17.4. The molecule has 1 aliphatic heterocycles. The maximum atomic E-state index is 12.5.